The molecule has 2 fully saturated rings. The molecule has 2 saturated carbocycles. The maximum absolute atomic E-state index is 13.0. The fourth-order valence-electron chi connectivity index (χ4n) is 4.27. The zero-order valence-corrected chi connectivity index (χ0v) is 16.0. The normalized spacial score (nSPS) is 20.6. The molecule has 28 heavy (non-hydrogen) atoms. The fraction of sp³-hybridized carbons (Fsp3) is 0.571. The van der Waals surface area contributed by atoms with E-state index >= 15 is 0 Å². The molecule has 1 aliphatic heterocycles. The molecule has 4 rings (SSSR count). The summed E-state index contributed by atoms with van der Waals surface area (Å²) in [4.78, 5) is 40.3. The first-order chi connectivity index (χ1) is 13.5. The Morgan fingerprint density at radius 3 is 2.39 bits per heavy atom. The van der Waals surface area contributed by atoms with E-state index in [1.165, 1.54) is 42.7 Å². The number of carboxylic acids is 1. The highest BCUT2D eigenvalue weighted by Gasteiger charge is 2.40. The quantitative estimate of drug-likeness (QED) is 0.760. The molecule has 2 N–H and O–H groups in total. The average Bonchev–Trinajstić information content (AvgIpc) is 3.52. The van der Waals surface area contributed by atoms with E-state index in [1.807, 2.05) is 0 Å². The highest BCUT2D eigenvalue weighted by atomic mass is 16.4. The van der Waals surface area contributed by atoms with Crippen molar-refractivity contribution in [3.8, 4) is 0 Å². The second-order valence-corrected chi connectivity index (χ2v) is 8.05. The van der Waals surface area contributed by atoms with Crippen LogP contribution >= 0.6 is 0 Å². The van der Waals surface area contributed by atoms with Crippen LogP contribution in [0.3, 0.4) is 0 Å². The molecule has 0 spiro atoms. The summed E-state index contributed by atoms with van der Waals surface area (Å²) in [5, 5.41) is 12.7. The monoisotopic (exact) mass is 385 g/mol. The van der Waals surface area contributed by atoms with Crippen LogP contribution in [0.1, 0.15) is 61.7 Å². The van der Waals surface area contributed by atoms with E-state index < -0.39 is 5.97 Å². The summed E-state index contributed by atoms with van der Waals surface area (Å²) in [7, 11) is 0. The fourth-order valence-corrected chi connectivity index (χ4v) is 4.27. The van der Waals surface area contributed by atoms with Crippen LogP contribution < -0.4 is 15.1 Å². The molecule has 2 amide bonds. The van der Waals surface area contributed by atoms with Gasteiger partial charge in [-0.25, -0.2) is 4.79 Å². The van der Waals surface area contributed by atoms with E-state index in [0.717, 1.165) is 25.7 Å². The standard InChI is InChI=1S/C21H27N3O4/c25-19(12-22-15-5-3-1-2-4-6-15)23-13-20(26)24(16-8-9-16)17-10-7-14(21(27)28)11-18(17)23/h7,10-11,15-16,22H,1-6,8-9,12-13H2,(H,27,28). The molecule has 1 heterocycles. The molecule has 0 saturated heterocycles. The van der Waals surface area contributed by atoms with Gasteiger partial charge in [-0.15, -0.1) is 0 Å². The van der Waals surface area contributed by atoms with Crippen molar-refractivity contribution in [3.63, 3.8) is 0 Å². The number of fused-ring (bicyclic) bond motifs is 1. The van der Waals surface area contributed by atoms with Gasteiger partial charge < -0.3 is 15.3 Å². The van der Waals surface area contributed by atoms with Crippen LogP contribution in [-0.2, 0) is 9.59 Å². The van der Waals surface area contributed by atoms with E-state index in [-0.39, 0.29) is 36.5 Å². The van der Waals surface area contributed by atoms with Gasteiger partial charge in [-0.2, -0.15) is 0 Å². The lowest BCUT2D eigenvalue weighted by molar-refractivity contribution is -0.122. The molecule has 7 heteroatoms. The average molecular weight is 385 g/mol. The van der Waals surface area contributed by atoms with Crippen LogP contribution in [-0.4, -0.2) is 48.1 Å². The Morgan fingerprint density at radius 1 is 1.04 bits per heavy atom. The Bertz CT molecular complexity index is 782. The van der Waals surface area contributed by atoms with Crippen molar-refractivity contribution in [2.45, 2.75) is 63.5 Å². The number of anilines is 2. The summed E-state index contributed by atoms with van der Waals surface area (Å²) in [6.07, 6.45) is 8.88. The number of carboxylic acid groups (broad SMARTS) is 1. The highest BCUT2D eigenvalue weighted by molar-refractivity contribution is 6.12. The van der Waals surface area contributed by atoms with Gasteiger partial charge >= 0.3 is 5.97 Å². The molecule has 2 aliphatic carbocycles. The number of hydrogen-bond acceptors (Lipinski definition) is 4. The Kier molecular flexibility index (Phi) is 5.35. The molecule has 7 nitrogen and oxygen atoms in total. The van der Waals surface area contributed by atoms with Gasteiger partial charge in [0, 0.05) is 12.1 Å². The molecule has 1 aromatic rings. The number of carbonyl (C=O) groups is 3. The SMILES string of the molecule is O=C(O)c1ccc2c(c1)N(C(=O)CNC1CCCCCC1)CC(=O)N2C1CC1. The molecule has 3 aliphatic rings. The van der Waals surface area contributed by atoms with Crippen LogP contribution in [0, 0.1) is 0 Å². The lowest BCUT2D eigenvalue weighted by Crippen LogP contribution is -2.51. The zero-order valence-electron chi connectivity index (χ0n) is 16.0. The van der Waals surface area contributed by atoms with Gasteiger partial charge in [-0.05, 0) is 43.9 Å². The molecule has 150 valence electrons. The topological polar surface area (TPSA) is 90.0 Å². The van der Waals surface area contributed by atoms with E-state index in [9.17, 15) is 19.5 Å². The lowest BCUT2D eigenvalue weighted by Gasteiger charge is -2.36. The summed E-state index contributed by atoms with van der Waals surface area (Å²) in [5.74, 6) is -1.32. The Hall–Kier alpha value is -2.41. The van der Waals surface area contributed by atoms with Gasteiger partial charge in [0.1, 0.15) is 6.54 Å². The minimum atomic E-state index is -1.04. The summed E-state index contributed by atoms with van der Waals surface area (Å²) in [6, 6.07) is 5.18. The predicted molar refractivity (Wildman–Crippen MR) is 106 cm³/mol. The molecule has 0 radical (unpaired) electrons. The molecule has 1 aromatic carbocycles. The van der Waals surface area contributed by atoms with Gasteiger partial charge in [0.2, 0.25) is 11.8 Å². The maximum atomic E-state index is 13.0. The number of amides is 2. The van der Waals surface area contributed by atoms with Crippen LogP contribution in [0.4, 0.5) is 11.4 Å². The first-order valence-electron chi connectivity index (χ1n) is 10.3. The molecule has 0 bridgehead atoms. The number of nitrogens with one attached hydrogen (secondary N) is 1. The van der Waals surface area contributed by atoms with E-state index in [1.54, 1.807) is 11.0 Å². The summed E-state index contributed by atoms with van der Waals surface area (Å²) in [6.45, 7) is 0.135. The molecule has 0 atom stereocenters. The number of aromatic carboxylic acids is 1. The van der Waals surface area contributed by atoms with Crippen molar-refractivity contribution in [3.05, 3.63) is 23.8 Å². The second-order valence-electron chi connectivity index (χ2n) is 8.05. The van der Waals surface area contributed by atoms with Crippen molar-refractivity contribution in [1.29, 1.82) is 0 Å². The highest BCUT2D eigenvalue weighted by Crippen LogP contribution is 2.41. The van der Waals surface area contributed by atoms with E-state index in [2.05, 4.69) is 5.32 Å². The van der Waals surface area contributed by atoms with Crippen LogP contribution in [0.25, 0.3) is 0 Å². The largest absolute Gasteiger partial charge is 0.478 e. The zero-order chi connectivity index (χ0) is 19.7. The Balaban J connectivity index is 1.55. The van der Waals surface area contributed by atoms with Gasteiger partial charge in [0.25, 0.3) is 0 Å². The number of benzene rings is 1. The van der Waals surface area contributed by atoms with Gasteiger partial charge in [-0.1, -0.05) is 25.7 Å². The first kappa shape index (κ1) is 18.9. The van der Waals surface area contributed by atoms with Crippen LogP contribution in [0.2, 0.25) is 0 Å². The molecular formula is C21H27N3O4. The lowest BCUT2D eigenvalue weighted by atomic mass is 10.1. The van der Waals surface area contributed by atoms with Gasteiger partial charge in [-0.3, -0.25) is 14.5 Å². The summed E-state index contributed by atoms with van der Waals surface area (Å²) >= 11 is 0. The maximum Gasteiger partial charge on any atom is 0.335 e. The van der Waals surface area contributed by atoms with Crippen molar-refractivity contribution in [2.75, 3.05) is 22.9 Å². The third kappa shape index (κ3) is 3.90. The van der Waals surface area contributed by atoms with Gasteiger partial charge in [0.05, 0.1) is 23.5 Å². The molecular weight excluding hydrogens is 358 g/mol. The Morgan fingerprint density at radius 2 is 1.75 bits per heavy atom. The predicted octanol–water partition coefficient (Wildman–Crippen LogP) is 2.54. The number of rotatable bonds is 5. The van der Waals surface area contributed by atoms with Crippen molar-refractivity contribution in [2.24, 2.45) is 0 Å². The van der Waals surface area contributed by atoms with Crippen LogP contribution in [0.5, 0.6) is 0 Å². The second kappa shape index (κ2) is 7.91. The number of nitrogens with zero attached hydrogens (tertiary/aromatic N) is 2. The van der Waals surface area contributed by atoms with Crippen molar-refractivity contribution >= 4 is 29.2 Å². The number of carbonyl (C=O) groups excluding carboxylic acids is 2. The third-order valence-electron chi connectivity index (χ3n) is 5.94. The van der Waals surface area contributed by atoms with E-state index in [0.29, 0.717) is 17.4 Å². The van der Waals surface area contributed by atoms with Gasteiger partial charge in [0.15, 0.2) is 0 Å². The molecule has 0 aromatic heterocycles. The molecule has 0 unspecified atom stereocenters. The van der Waals surface area contributed by atoms with E-state index in [4.69, 9.17) is 0 Å². The smallest absolute Gasteiger partial charge is 0.335 e. The van der Waals surface area contributed by atoms with Crippen molar-refractivity contribution in [1.82, 2.24) is 5.32 Å². The van der Waals surface area contributed by atoms with Crippen molar-refractivity contribution < 1.29 is 19.5 Å². The summed E-state index contributed by atoms with van der Waals surface area (Å²) < 4.78 is 0. The van der Waals surface area contributed by atoms with Crippen LogP contribution in [0.15, 0.2) is 18.2 Å². The Labute approximate surface area is 164 Å². The minimum Gasteiger partial charge on any atom is -0.478 e. The first-order valence-corrected chi connectivity index (χ1v) is 10.3. The third-order valence-corrected chi connectivity index (χ3v) is 5.94. The minimum absolute atomic E-state index is 0.0300. The number of hydrogen-bond donors (Lipinski definition) is 2. The summed E-state index contributed by atoms with van der Waals surface area (Å²) in [5.41, 5.74) is 1.30.